The van der Waals surface area contributed by atoms with Crippen molar-refractivity contribution in [1.82, 2.24) is 19.6 Å². The van der Waals surface area contributed by atoms with Crippen molar-refractivity contribution in [1.29, 1.82) is 0 Å². The summed E-state index contributed by atoms with van der Waals surface area (Å²) in [6, 6.07) is 1.68. The standard InChI is InChI=1S/C17H21N5O3/c1-19-9-15(23)22(14-7-18-20(2)8-14)12-17(19)4-5-21(11-17)16(24)13-3-6-25-10-13/h3,6-8,10H,4-5,9,11-12H2,1-2H3/t17-/m0/s1. The maximum Gasteiger partial charge on any atom is 0.257 e. The van der Waals surface area contributed by atoms with Crippen LogP contribution in [-0.2, 0) is 11.8 Å². The third-order valence-corrected chi connectivity index (χ3v) is 5.33. The van der Waals surface area contributed by atoms with Gasteiger partial charge >= 0.3 is 0 Å². The molecule has 4 heterocycles. The van der Waals surface area contributed by atoms with Gasteiger partial charge in [0.2, 0.25) is 5.91 Å². The Bertz CT molecular complexity index is 799. The summed E-state index contributed by atoms with van der Waals surface area (Å²) in [5, 5.41) is 4.17. The molecule has 0 saturated carbocycles. The number of likely N-dealkylation sites (N-methyl/N-ethyl adjacent to an activating group) is 1. The normalized spacial score (nSPS) is 24.5. The molecule has 0 bridgehead atoms. The molecule has 0 radical (unpaired) electrons. The molecule has 0 aliphatic carbocycles. The van der Waals surface area contributed by atoms with Crippen molar-refractivity contribution in [3.05, 3.63) is 36.5 Å². The van der Waals surface area contributed by atoms with Crippen LogP contribution in [0.1, 0.15) is 16.8 Å². The first-order valence-electron chi connectivity index (χ1n) is 8.30. The topological polar surface area (TPSA) is 74.8 Å². The summed E-state index contributed by atoms with van der Waals surface area (Å²) in [7, 11) is 3.80. The van der Waals surface area contributed by atoms with E-state index in [1.165, 1.54) is 12.5 Å². The van der Waals surface area contributed by atoms with E-state index in [0.717, 1.165) is 12.1 Å². The van der Waals surface area contributed by atoms with E-state index in [4.69, 9.17) is 4.42 Å². The van der Waals surface area contributed by atoms with Gasteiger partial charge in [-0.05, 0) is 19.5 Å². The third-order valence-electron chi connectivity index (χ3n) is 5.33. The van der Waals surface area contributed by atoms with Crippen molar-refractivity contribution in [2.24, 2.45) is 7.05 Å². The van der Waals surface area contributed by atoms with Crippen molar-refractivity contribution in [2.45, 2.75) is 12.0 Å². The summed E-state index contributed by atoms with van der Waals surface area (Å²) < 4.78 is 6.72. The van der Waals surface area contributed by atoms with E-state index in [0.29, 0.717) is 31.7 Å². The zero-order valence-corrected chi connectivity index (χ0v) is 14.4. The molecule has 2 aromatic heterocycles. The second-order valence-electron chi connectivity index (χ2n) is 6.92. The number of furan rings is 1. The number of amides is 2. The van der Waals surface area contributed by atoms with Gasteiger partial charge in [0.25, 0.3) is 5.91 Å². The van der Waals surface area contributed by atoms with Crippen LogP contribution < -0.4 is 4.90 Å². The average molecular weight is 343 g/mol. The quantitative estimate of drug-likeness (QED) is 0.797. The summed E-state index contributed by atoms with van der Waals surface area (Å²) >= 11 is 0. The lowest BCUT2D eigenvalue weighted by Gasteiger charge is -2.46. The molecule has 2 aliphatic heterocycles. The first-order chi connectivity index (χ1) is 12.0. The van der Waals surface area contributed by atoms with Crippen LogP contribution in [0, 0.1) is 0 Å². The van der Waals surface area contributed by atoms with Gasteiger partial charge in [-0.25, -0.2) is 0 Å². The molecular formula is C17H21N5O3. The lowest BCUT2D eigenvalue weighted by Crippen LogP contribution is -2.64. The van der Waals surface area contributed by atoms with Crippen LogP contribution in [-0.4, -0.2) is 70.2 Å². The lowest BCUT2D eigenvalue weighted by atomic mass is 9.93. The zero-order chi connectivity index (χ0) is 17.6. The van der Waals surface area contributed by atoms with E-state index >= 15 is 0 Å². The fourth-order valence-corrected chi connectivity index (χ4v) is 3.78. The molecule has 1 atom stereocenters. The minimum Gasteiger partial charge on any atom is -0.472 e. The van der Waals surface area contributed by atoms with Crippen LogP contribution in [0.15, 0.2) is 35.4 Å². The highest BCUT2D eigenvalue weighted by Crippen LogP contribution is 2.33. The lowest BCUT2D eigenvalue weighted by molar-refractivity contribution is -0.123. The molecule has 132 valence electrons. The number of anilines is 1. The maximum absolute atomic E-state index is 12.6. The second kappa shape index (κ2) is 5.73. The fraction of sp³-hybridized carbons (Fsp3) is 0.471. The summed E-state index contributed by atoms with van der Waals surface area (Å²) in [5.74, 6) is 0.0320. The Morgan fingerprint density at radius 2 is 2.16 bits per heavy atom. The van der Waals surface area contributed by atoms with Gasteiger partial charge in [0.15, 0.2) is 0 Å². The highest BCUT2D eigenvalue weighted by atomic mass is 16.3. The van der Waals surface area contributed by atoms with Crippen molar-refractivity contribution < 1.29 is 14.0 Å². The van der Waals surface area contributed by atoms with Gasteiger partial charge in [0, 0.05) is 32.9 Å². The van der Waals surface area contributed by atoms with Gasteiger partial charge in [0.05, 0.1) is 35.8 Å². The molecule has 2 amide bonds. The van der Waals surface area contributed by atoms with Crippen molar-refractivity contribution in [3.63, 3.8) is 0 Å². The molecule has 0 aromatic carbocycles. The monoisotopic (exact) mass is 343 g/mol. The van der Waals surface area contributed by atoms with Gasteiger partial charge in [-0.15, -0.1) is 0 Å². The Balaban J connectivity index is 1.56. The molecule has 2 fully saturated rings. The van der Waals surface area contributed by atoms with E-state index in [9.17, 15) is 9.59 Å². The minimum atomic E-state index is -0.233. The van der Waals surface area contributed by atoms with Crippen molar-refractivity contribution in [3.8, 4) is 0 Å². The van der Waals surface area contributed by atoms with Crippen LogP contribution in [0.25, 0.3) is 0 Å². The summed E-state index contributed by atoms with van der Waals surface area (Å²) in [4.78, 5) is 30.8. The molecule has 8 nitrogen and oxygen atoms in total. The minimum absolute atomic E-state index is 0.0242. The summed E-state index contributed by atoms with van der Waals surface area (Å²) in [5.41, 5.74) is 1.14. The highest BCUT2D eigenvalue weighted by Gasteiger charge is 2.49. The first kappa shape index (κ1) is 15.9. The Morgan fingerprint density at radius 1 is 1.32 bits per heavy atom. The van der Waals surface area contributed by atoms with Crippen molar-refractivity contribution in [2.75, 3.05) is 38.1 Å². The van der Waals surface area contributed by atoms with E-state index in [1.807, 2.05) is 25.2 Å². The number of aryl methyl sites for hydroxylation is 1. The molecule has 4 rings (SSSR count). The molecule has 0 unspecified atom stereocenters. The van der Waals surface area contributed by atoms with Crippen LogP contribution in [0.3, 0.4) is 0 Å². The van der Waals surface area contributed by atoms with E-state index < -0.39 is 0 Å². The Morgan fingerprint density at radius 3 is 2.84 bits per heavy atom. The van der Waals surface area contributed by atoms with Crippen molar-refractivity contribution >= 4 is 17.5 Å². The third kappa shape index (κ3) is 2.62. The molecule has 2 aliphatic rings. The number of piperazine rings is 1. The number of rotatable bonds is 2. The molecule has 1 spiro atoms. The Kier molecular flexibility index (Phi) is 3.64. The largest absolute Gasteiger partial charge is 0.472 e. The van der Waals surface area contributed by atoms with E-state index in [-0.39, 0.29) is 17.4 Å². The molecule has 8 heteroatoms. The number of hydrogen-bond donors (Lipinski definition) is 0. The number of carbonyl (C=O) groups is 2. The zero-order valence-electron chi connectivity index (χ0n) is 14.4. The predicted molar refractivity (Wildman–Crippen MR) is 90.2 cm³/mol. The Labute approximate surface area is 145 Å². The average Bonchev–Trinajstić information content (AvgIpc) is 3.32. The van der Waals surface area contributed by atoms with Crippen LogP contribution in [0.5, 0.6) is 0 Å². The van der Waals surface area contributed by atoms with Gasteiger partial charge in [-0.1, -0.05) is 0 Å². The molecule has 25 heavy (non-hydrogen) atoms. The Hall–Kier alpha value is -2.61. The van der Waals surface area contributed by atoms with E-state index in [2.05, 4.69) is 10.00 Å². The number of likely N-dealkylation sites (tertiary alicyclic amines) is 1. The smallest absolute Gasteiger partial charge is 0.257 e. The van der Waals surface area contributed by atoms with Crippen LogP contribution >= 0.6 is 0 Å². The molecule has 0 N–H and O–H groups in total. The molecular weight excluding hydrogens is 322 g/mol. The first-order valence-corrected chi connectivity index (χ1v) is 8.30. The highest BCUT2D eigenvalue weighted by molar-refractivity contribution is 5.96. The molecule has 2 saturated heterocycles. The van der Waals surface area contributed by atoms with Crippen LogP contribution in [0.2, 0.25) is 0 Å². The number of nitrogens with zero attached hydrogens (tertiary/aromatic N) is 5. The van der Waals surface area contributed by atoms with Gasteiger partial charge in [0.1, 0.15) is 6.26 Å². The number of hydrogen-bond acceptors (Lipinski definition) is 5. The molecule has 2 aromatic rings. The fourth-order valence-electron chi connectivity index (χ4n) is 3.78. The van der Waals surface area contributed by atoms with Gasteiger partial charge in [-0.2, -0.15) is 5.10 Å². The second-order valence-corrected chi connectivity index (χ2v) is 6.92. The van der Waals surface area contributed by atoms with Crippen LogP contribution in [0.4, 0.5) is 5.69 Å². The van der Waals surface area contributed by atoms with E-state index in [1.54, 1.807) is 21.8 Å². The SMILES string of the molecule is CN1CC(=O)N(c2cnn(C)c2)C[C@@]12CCN(C(=O)c1ccoc1)C2. The predicted octanol–water partition coefficient (Wildman–Crippen LogP) is 0.576. The number of aromatic nitrogens is 2. The van der Waals surface area contributed by atoms with Gasteiger partial charge in [-0.3, -0.25) is 19.2 Å². The maximum atomic E-state index is 12.6. The summed E-state index contributed by atoms with van der Waals surface area (Å²) in [6.07, 6.45) is 7.37. The number of carbonyl (C=O) groups excluding carboxylic acids is 2. The van der Waals surface area contributed by atoms with Gasteiger partial charge < -0.3 is 14.2 Å². The summed E-state index contributed by atoms with van der Waals surface area (Å²) in [6.45, 7) is 2.16.